The molecule has 6 heteroatoms. The fraction of sp³-hybridized carbons (Fsp3) is 0.167. The number of rotatable bonds is 6. The van der Waals surface area contributed by atoms with Gasteiger partial charge in [0.1, 0.15) is 17.2 Å². The van der Waals surface area contributed by atoms with Crippen LogP contribution in [0.4, 0.5) is 0 Å². The van der Waals surface area contributed by atoms with E-state index in [1.807, 2.05) is 67.7 Å². The van der Waals surface area contributed by atoms with Crippen molar-refractivity contribution in [3.05, 3.63) is 101 Å². The second kappa shape index (κ2) is 8.59. The average molecular weight is 420 g/mol. The maximum Gasteiger partial charge on any atom is 0.257 e. The summed E-state index contributed by atoms with van der Waals surface area (Å²) in [5.41, 5.74) is 3.13. The van der Waals surface area contributed by atoms with Gasteiger partial charge in [0, 0.05) is 23.8 Å². The maximum atomic E-state index is 13.3. The fourth-order valence-corrected chi connectivity index (χ4v) is 3.46. The summed E-state index contributed by atoms with van der Waals surface area (Å²) in [6.07, 6.45) is 1.81. The van der Waals surface area contributed by atoms with Crippen molar-refractivity contribution >= 4 is 17.5 Å². The van der Waals surface area contributed by atoms with Crippen LogP contribution >= 0.6 is 11.6 Å². The largest absolute Gasteiger partial charge is 0.464 e. The van der Waals surface area contributed by atoms with E-state index in [2.05, 4.69) is 0 Å². The molecule has 30 heavy (non-hydrogen) atoms. The van der Waals surface area contributed by atoms with E-state index >= 15 is 0 Å². The molecule has 2 heterocycles. The Balaban J connectivity index is 1.66. The first kappa shape index (κ1) is 20.0. The van der Waals surface area contributed by atoms with E-state index < -0.39 is 0 Å². The Hall–Kier alpha value is -3.31. The highest BCUT2D eigenvalue weighted by atomic mass is 35.5. The standard InChI is InChI=1S/C24H22ClN3O2/c1-17-8-13-21(30-17)15-27(2)24(29)22-16-28(14-18-6-4-3-5-7-18)26-23(22)19-9-11-20(25)12-10-19/h3-13,16H,14-15H2,1-2H3. The monoisotopic (exact) mass is 419 g/mol. The summed E-state index contributed by atoms with van der Waals surface area (Å²) in [4.78, 5) is 14.9. The van der Waals surface area contributed by atoms with E-state index in [1.165, 1.54) is 0 Å². The van der Waals surface area contributed by atoms with Crippen LogP contribution in [0.15, 0.2) is 77.3 Å². The van der Waals surface area contributed by atoms with Gasteiger partial charge in [-0.1, -0.05) is 54.1 Å². The van der Waals surface area contributed by atoms with Crippen molar-refractivity contribution in [3.8, 4) is 11.3 Å². The fourth-order valence-electron chi connectivity index (χ4n) is 3.33. The van der Waals surface area contributed by atoms with E-state index in [0.717, 1.165) is 22.6 Å². The van der Waals surface area contributed by atoms with Gasteiger partial charge in [-0.2, -0.15) is 5.10 Å². The van der Waals surface area contributed by atoms with Crippen LogP contribution in [0.1, 0.15) is 27.4 Å². The van der Waals surface area contributed by atoms with Crippen LogP contribution in [0.5, 0.6) is 0 Å². The number of halogens is 1. The molecule has 4 aromatic rings. The van der Waals surface area contributed by atoms with Crippen molar-refractivity contribution in [2.45, 2.75) is 20.0 Å². The minimum atomic E-state index is -0.117. The maximum absolute atomic E-state index is 13.3. The second-order valence-electron chi connectivity index (χ2n) is 7.26. The van der Waals surface area contributed by atoms with Crippen LogP contribution in [-0.2, 0) is 13.1 Å². The molecule has 0 atom stereocenters. The molecule has 0 spiro atoms. The van der Waals surface area contributed by atoms with Gasteiger partial charge in [0.2, 0.25) is 0 Å². The molecule has 0 fully saturated rings. The lowest BCUT2D eigenvalue weighted by atomic mass is 10.1. The predicted molar refractivity (Wildman–Crippen MR) is 117 cm³/mol. The van der Waals surface area contributed by atoms with Crippen molar-refractivity contribution < 1.29 is 9.21 Å². The molecule has 0 unspecified atom stereocenters. The highest BCUT2D eigenvalue weighted by Gasteiger charge is 2.22. The van der Waals surface area contributed by atoms with Gasteiger partial charge in [0.25, 0.3) is 5.91 Å². The normalized spacial score (nSPS) is 10.9. The van der Waals surface area contributed by atoms with Gasteiger partial charge < -0.3 is 9.32 Å². The van der Waals surface area contributed by atoms with Gasteiger partial charge in [-0.05, 0) is 36.8 Å². The molecular weight excluding hydrogens is 398 g/mol. The van der Waals surface area contributed by atoms with Crippen LogP contribution in [-0.4, -0.2) is 27.6 Å². The van der Waals surface area contributed by atoms with E-state index in [9.17, 15) is 4.79 Å². The van der Waals surface area contributed by atoms with Crippen LogP contribution in [0.2, 0.25) is 5.02 Å². The third-order valence-electron chi connectivity index (χ3n) is 4.83. The quantitative estimate of drug-likeness (QED) is 0.419. The third kappa shape index (κ3) is 4.47. The summed E-state index contributed by atoms with van der Waals surface area (Å²) in [7, 11) is 1.76. The lowest BCUT2D eigenvalue weighted by Gasteiger charge is -2.15. The highest BCUT2D eigenvalue weighted by molar-refractivity contribution is 6.30. The number of carbonyl (C=O) groups excluding carboxylic acids is 1. The molecule has 0 N–H and O–H groups in total. The van der Waals surface area contributed by atoms with Gasteiger partial charge in [0.15, 0.2) is 0 Å². The number of hydrogen-bond donors (Lipinski definition) is 0. The van der Waals surface area contributed by atoms with Crippen molar-refractivity contribution in [3.63, 3.8) is 0 Å². The van der Waals surface area contributed by atoms with Crippen molar-refractivity contribution in [2.24, 2.45) is 0 Å². The summed E-state index contributed by atoms with van der Waals surface area (Å²) in [5.74, 6) is 1.45. The highest BCUT2D eigenvalue weighted by Crippen LogP contribution is 2.26. The number of aromatic nitrogens is 2. The Bertz CT molecular complexity index is 1150. The minimum Gasteiger partial charge on any atom is -0.464 e. The van der Waals surface area contributed by atoms with Gasteiger partial charge in [0.05, 0.1) is 18.7 Å². The zero-order chi connectivity index (χ0) is 21.1. The predicted octanol–water partition coefficient (Wildman–Crippen LogP) is 5.43. The number of carbonyl (C=O) groups is 1. The minimum absolute atomic E-state index is 0.117. The molecule has 0 aliphatic carbocycles. The van der Waals surface area contributed by atoms with E-state index in [1.54, 1.807) is 28.8 Å². The first-order valence-electron chi connectivity index (χ1n) is 9.67. The van der Waals surface area contributed by atoms with Crippen molar-refractivity contribution in [2.75, 3.05) is 7.05 Å². The van der Waals surface area contributed by atoms with Gasteiger partial charge in [-0.25, -0.2) is 0 Å². The summed E-state index contributed by atoms with van der Waals surface area (Å²) < 4.78 is 7.43. The lowest BCUT2D eigenvalue weighted by molar-refractivity contribution is 0.0775. The molecule has 152 valence electrons. The molecule has 2 aromatic carbocycles. The SMILES string of the molecule is Cc1ccc(CN(C)C(=O)c2cn(Cc3ccccc3)nc2-c2ccc(Cl)cc2)o1. The van der Waals surface area contributed by atoms with Crippen LogP contribution in [0.3, 0.4) is 0 Å². The topological polar surface area (TPSA) is 51.3 Å². The third-order valence-corrected chi connectivity index (χ3v) is 5.08. The second-order valence-corrected chi connectivity index (χ2v) is 7.69. The zero-order valence-electron chi connectivity index (χ0n) is 16.9. The van der Waals surface area contributed by atoms with Gasteiger partial charge in [-0.3, -0.25) is 9.48 Å². The first-order chi connectivity index (χ1) is 14.5. The summed E-state index contributed by atoms with van der Waals surface area (Å²) >= 11 is 6.05. The molecule has 2 aromatic heterocycles. The Kier molecular flexibility index (Phi) is 5.72. The number of furan rings is 1. The van der Waals surface area contributed by atoms with E-state index in [0.29, 0.717) is 29.4 Å². The number of aryl methyl sites for hydroxylation is 1. The van der Waals surface area contributed by atoms with E-state index in [4.69, 9.17) is 21.1 Å². The summed E-state index contributed by atoms with van der Waals surface area (Å²) in [5, 5.41) is 5.36. The molecule has 0 saturated heterocycles. The van der Waals surface area contributed by atoms with Crippen LogP contribution in [0.25, 0.3) is 11.3 Å². The molecule has 5 nitrogen and oxygen atoms in total. The number of benzene rings is 2. The molecular formula is C24H22ClN3O2. The number of hydrogen-bond acceptors (Lipinski definition) is 3. The van der Waals surface area contributed by atoms with Gasteiger partial charge in [-0.15, -0.1) is 0 Å². The summed E-state index contributed by atoms with van der Waals surface area (Å²) in [6.45, 7) is 2.85. The lowest BCUT2D eigenvalue weighted by Crippen LogP contribution is -2.26. The Morgan fingerprint density at radius 1 is 1.07 bits per heavy atom. The average Bonchev–Trinajstić information content (AvgIpc) is 3.35. The Morgan fingerprint density at radius 3 is 2.47 bits per heavy atom. The number of nitrogens with zero attached hydrogens (tertiary/aromatic N) is 3. The summed E-state index contributed by atoms with van der Waals surface area (Å²) in [6, 6.07) is 21.2. The smallest absolute Gasteiger partial charge is 0.257 e. The van der Waals surface area contributed by atoms with Crippen LogP contribution < -0.4 is 0 Å². The first-order valence-corrected chi connectivity index (χ1v) is 10.1. The molecule has 0 radical (unpaired) electrons. The molecule has 0 saturated carbocycles. The molecule has 1 amide bonds. The zero-order valence-corrected chi connectivity index (χ0v) is 17.6. The Labute approximate surface area is 180 Å². The molecule has 0 bridgehead atoms. The van der Waals surface area contributed by atoms with Crippen molar-refractivity contribution in [1.82, 2.24) is 14.7 Å². The van der Waals surface area contributed by atoms with E-state index in [-0.39, 0.29) is 5.91 Å². The number of amides is 1. The molecule has 4 rings (SSSR count). The van der Waals surface area contributed by atoms with Crippen LogP contribution in [0, 0.1) is 6.92 Å². The molecule has 0 aliphatic rings. The molecule has 0 aliphatic heterocycles. The Morgan fingerprint density at radius 2 is 1.80 bits per heavy atom. The van der Waals surface area contributed by atoms with Gasteiger partial charge >= 0.3 is 0 Å². The van der Waals surface area contributed by atoms with Crippen molar-refractivity contribution in [1.29, 1.82) is 0 Å².